The molecule has 88 valence electrons. The van der Waals surface area contributed by atoms with E-state index in [1.807, 2.05) is 0 Å². The minimum atomic E-state index is -0.362. The highest BCUT2D eigenvalue weighted by Crippen LogP contribution is 2.28. The second-order valence-corrected chi connectivity index (χ2v) is 4.84. The molecule has 2 rings (SSSR count). The van der Waals surface area contributed by atoms with E-state index in [1.54, 1.807) is 0 Å². The molecule has 0 unspecified atom stereocenters. The van der Waals surface area contributed by atoms with Gasteiger partial charge in [0.25, 0.3) is 0 Å². The Balaban J connectivity index is 2.02. The molecule has 1 aliphatic heterocycles. The normalized spacial score (nSPS) is 15.9. The third-order valence-corrected chi connectivity index (χ3v) is 3.25. The monoisotopic (exact) mass is 243 g/mol. The maximum Gasteiger partial charge on any atom is 0.223 e. The molecular formula is C10H14FN3OS. The highest BCUT2D eigenvalue weighted by molar-refractivity contribution is 8.00. The van der Waals surface area contributed by atoms with Crippen LogP contribution in [0.15, 0.2) is 11.2 Å². The molecule has 0 aromatic carbocycles. The summed E-state index contributed by atoms with van der Waals surface area (Å²) in [4.78, 5) is 8.03. The van der Waals surface area contributed by atoms with Gasteiger partial charge in [-0.2, -0.15) is 0 Å². The lowest BCUT2D eigenvalue weighted by atomic mass is 10.4. The molecule has 0 spiro atoms. The molecule has 6 heteroatoms. The summed E-state index contributed by atoms with van der Waals surface area (Å²) in [6.45, 7) is 4.19. The van der Waals surface area contributed by atoms with Crippen molar-refractivity contribution in [1.82, 2.24) is 9.97 Å². The van der Waals surface area contributed by atoms with Gasteiger partial charge in [0, 0.05) is 6.54 Å². The van der Waals surface area contributed by atoms with Gasteiger partial charge in [0.05, 0.1) is 24.7 Å². The van der Waals surface area contributed by atoms with Crippen LogP contribution >= 0.6 is 11.8 Å². The third kappa shape index (κ3) is 2.82. The van der Waals surface area contributed by atoms with Crippen LogP contribution in [0.4, 0.5) is 10.3 Å². The first kappa shape index (κ1) is 11.6. The van der Waals surface area contributed by atoms with E-state index in [9.17, 15) is 4.39 Å². The summed E-state index contributed by atoms with van der Waals surface area (Å²) in [6.07, 6.45) is 2.20. The molecule has 1 N–H and O–H groups in total. The van der Waals surface area contributed by atoms with Crippen molar-refractivity contribution in [1.29, 1.82) is 0 Å². The topological polar surface area (TPSA) is 47.0 Å². The fourth-order valence-corrected chi connectivity index (χ4v) is 2.14. The number of rotatable bonds is 5. The quantitative estimate of drug-likeness (QED) is 0.801. The number of nitrogens with zero attached hydrogens (tertiary/aromatic N) is 2. The molecule has 0 saturated carbocycles. The first-order valence-corrected chi connectivity index (χ1v) is 6.18. The average Bonchev–Trinajstić information content (AvgIpc) is 2.23. The summed E-state index contributed by atoms with van der Waals surface area (Å²) in [5.74, 6) is 0.130. The Kier molecular flexibility index (Phi) is 3.95. The minimum Gasteiger partial charge on any atom is -0.379 e. The van der Waals surface area contributed by atoms with Crippen molar-refractivity contribution in [2.24, 2.45) is 0 Å². The van der Waals surface area contributed by atoms with Crippen molar-refractivity contribution in [3.05, 3.63) is 12.0 Å². The highest BCUT2D eigenvalue weighted by atomic mass is 32.2. The number of ether oxygens (including phenoxy) is 1. The van der Waals surface area contributed by atoms with Gasteiger partial charge in [0.2, 0.25) is 5.95 Å². The molecule has 1 fully saturated rings. The van der Waals surface area contributed by atoms with Gasteiger partial charge in [-0.15, -0.1) is 0 Å². The van der Waals surface area contributed by atoms with Crippen LogP contribution in [-0.2, 0) is 4.74 Å². The zero-order chi connectivity index (χ0) is 11.4. The molecule has 1 aromatic heterocycles. The smallest absolute Gasteiger partial charge is 0.223 e. The Hall–Kier alpha value is -0.880. The average molecular weight is 243 g/mol. The summed E-state index contributed by atoms with van der Waals surface area (Å²) in [7, 11) is 0. The Labute approximate surface area is 98.0 Å². The lowest BCUT2D eigenvalue weighted by molar-refractivity contribution is 0.0454. The molecule has 0 bridgehead atoms. The molecule has 16 heavy (non-hydrogen) atoms. The van der Waals surface area contributed by atoms with Crippen LogP contribution in [0.3, 0.4) is 0 Å². The molecular weight excluding hydrogens is 229 g/mol. The summed E-state index contributed by atoms with van der Waals surface area (Å²) < 4.78 is 18.4. The van der Waals surface area contributed by atoms with Crippen LogP contribution in [0.1, 0.15) is 13.3 Å². The summed E-state index contributed by atoms with van der Waals surface area (Å²) in [6, 6.07) is 0. The number of anilines is 1. The lowest BCUT2D eigenvalue weighted by Crippen LogP contribution is -2.30. The predicted octanol–water partition coefficient (Wildman–Crippen LogP) is 1.93. The van der Waals surface area contributed by atoms with E-state index in [0.29, 0.717) is 29.4 Å². The van der Waals surface area contributed by atoms with Gasteiger partial charge in [0.1, 0.15) is 5.03 Å². The predicted molar refractivity (Wildman–Crippen MR) is 61.2 cm³/mol. The van der Waals surface area contributed by atoms with Gasteiger partial charge in [-0.1, -0.05) is 18.7 Å². The van der Waals surface area contributed by atoms with E-state index >= 15 is 0 Å². The first-order chi connectivity index (χ1) is 7.79. The van der Waals surface area contributed by atoms with E-state index in [1.165, 1.54) is 18.0 Å². The maximum atomic E-state index is 13.4. The summed E-state index contributed by atoms with van der Waals surface area (Å²) in [5, 5.41) is 3.76. The summed E-state index contributed by atoms with van der Waals surface area (Å²) >= 11 is 1.41. The van der Waals surface area contributed by atoms with Gasteiger partial charge in [-0.25, -0.2) is 14.4 Å². The fourth-order valence-electron chi connectivity index (χ4n) is 1.20. The van der Waals surface area contributed by atoms with E-state index < -0.39 is 0 Å². The molecule has 0 radical (unpaired) electrons. The highest BCUT2D eigenvalue weighted by Gasteiger charge is 2.22. The van der Waals surface area contributed by atoms with Crippen molar-refractivity contribution < 1.29 is 9.13 Å². The molecule has 1 aliphatic rings. The first-order valence-electron chi connectivity index (χ1n) is 5.30. The molecule has 0 atom stereocenters. The molecule has 0 aliphatic carbocycles. The number of hydrogen-bond donors (Lipinski definition) is 1. The van der Waals surface area contributed by atoms with Crippen molar-refractivity contribution in [3.63, 3.8) is 0 Å². The Morgan fingerprint density at radius 1 is 1.62 bits per heavy atom. The van der Waals surface area contributed by atoms with E-state index in [4.69, 9.17) is 4.74 Å². The lowest BCUT2D eigenvalue weighted by Gasteiger charge is -2.24. The van der Waals surface area contributed by atoms with Crippen molar-refractivity contribution in [2.45, 2.75) is 23.6 Å². The largest absolute Gasteiger partial charge is 0.379 e. The minimum absolute atomic E-state index is 0.323. The van der Waals surface area contributed by atoms with Crippen LogP contribution in [0.25, 0.3) is 0 Å². The van der Waals surface area contributed by atoms with E-state index in [-0.39, 0.29) is 5.82 Å². The van der Waals surface area contributed by atoms with Crippen LogP contribution < -0.4 is 5.32 Å². The Bertz CT molecular complexity index is 360. The molecule has 4 nitrogen and oxygen atoms in total. The van der Waals surface area contributed by atoms with Gasteiger partial charge in [-0.05, 0) is 6.42 Å². The third-order valence-electron chi connectivity index (χ3n) is 2.13. The Morgan fingerprint density at radius 2 is 2.44 bits per heavy atom. The van der Waals surface area contributed by atoms with Crippen LogP contribution in [0.5, 0.6) is 0 Å². The van der Waals surface area contributed by atoms with Crippen molar-refractivity contribution in [2.75, 3.05) is 25.1 Å². The molecule has 0 amide bonds. The van der Waals surface area contributed by atoms with Gasteiger partial charge in [0.15, 0.2) is 5.82 Å². The number of nitrogens with one attached hydrogen (secondary N) is 1. The van der Waals surface area contributed by atoms with Crippen molar-refractivity contribution in [3.8, 4) is 0 Å². The standard InChI is InChI=1S/C10H14FN3OS/c1-2-3-12-10-13-4-8(11)9(14-10)16-7-5-15-6-7/h4,7H,2-3,5-6H2,1H3,(H,12,13,14). The number of hydrogen-bond acceptors (Lipinski definition) is 5. The zero-order valence-corrected chi connectivity index (χ0v) is 9.89. The van der Waals surface area contributed by atoms with Crippen LogP contribution in [-0.4, -0.2) is 35.0 Å². The zero-order valence-electron chi connectivity index (χ0n) is 9.07. The van der Waals surface area contributed by atoms with Crippen LogP contribution in [0.2, 0.25) is 0 Å². The van der Waals surface area contributed by atoms with E-state index in [0.717, 1.165) is 13.0 Å². The number of thioether (sulfide) groups is 1. The van der Waals surface area contributed by atoms with Crippen LogP contribution in [0, 0.1) is 5.82 Å². The second-order valence-electron chi connectivity index (χ2n) is 3.55. The van der Waals surface area contributed by atoms with Gasteiger partial charge in [-0.3, -0.25) is 0 Å². The molecule has 1 aromatic rings. The van der Waals surface area contributed by atoms with Gasteiger partial charge >= 0.3 is 0 Å². The number of halogens is 1. The Morgan fingerprint density at radius 3 is 3.06 bits per heavy atom. The second kappa shape index (κ2) is 5.45. The maximum absolute atomic E-state index is 13.4. The van der Waals surface area contributed by atoms with Gasteiger partial charge < -0.3 is 10.1 Å². The molecule has 1 saturated heterocycles. The summed E-state index contributed by atoms with van der Waals surface area (Å²) in [5.41, 5.74) is 0. The van der Waals surface area contributed by atoms with Crippen molar-refractivity contribution >= 4 is 17.7 Å². The SMILES string of the molecule is CCCNc1ncc(F)c(SC2COC2)n1. The number of aromatic nitrogens is 2. The molecule has 2 heterocycles. The fraction of sp³-hybridized carbons (Fsp3) is 0.600. The van der Waals surface area contributed by atoms with E-state index in [2.05, 4.69) is 22.2 Å².